The van der Waals surface area contributed by atoms with Crippen LogP contribution in [-0.4, -0.2) is 0 Å². The van der Waals surface area contributed by atoms with Gasteiger partial charge in [-0.2, -0.15) is 0 Å². The molecule has 0 fully saturated rings. The lowest BCUT2D eigenvalue weighted by atomic mass is 9.94. The molecule has 1 aromatic heterocycles. The molecule has 206 valence electrons. The molecular weight excluding hydrogens is 551 g/mol. The Morgan fingerprint density at radius 2 is 0.773 bits per heavy atom. The van der Waals surface area contributed by atoms with E-state index in [2.05, 4.69) is 169 Å². The standard InChI is InChI=1S/C42H27NS/c1-3-11-28(12-4-1)29-19-23-41-39(25-29)40-27-32(21-24-42(40)44-41)43(30-13-5-2-6-14-30)31-20-22-37-35-17-8-7-15-33(35)34-16-9-10-18-36(34)38(37)26-31/h1-27H. The Labute approximate surface area is 259 Å². The van der Waals surface area contributed by atoms with Crippen molar-refractivity contribution in [3.05, 3.63) is 164 Å². The summed E-state index contributed by atoms with van der Waals surface area (Å²) >= 11 is 1.86. The number of para-hydroxylation sites is 1. The van der Waals surface area contributed by atoms with Crippen LogP contribution in [0.1, 0.15) is 0 Å². The highest BCUT2D eigenvalue weighted by Crippen LogP contribution is 2.43. The number of anilines is 3. The summed E-state index contributed by atoms with van der Waals surface area (Å²) in [5.74, 6) is 0. The van der Waals surface area contributed by atoms with Gasteiger partial charge in [0.2, 0.25) is 0 Å². The van der Waals surface area contributed by atoms with Gasteiger partial charge in [0.25, 0.3) is 0 Å². The van der Waals surface area contributed by atoms with Crippen molar-refractivity contribution in [3.63, 3.8) is 0 Å². The Bertz CT molecular complexity index is 2460. The smallest absolute Gasteiger partial charge is 0.0468 e. The average molecular weight is 578 g/mol. The molecule has 0 spiro atoms. The van der Waals surface area contributed by atoms with Gasteiger partial charge in [0.15, 0.2) is 0 Å². The molecule has 0 atom stereocenters. The molecule has 0 amide bonds. The number of nitrogens with zero attached hydrogens (tertiary/aromatic N) is 1. The molecule has 1 nitrogen and oxygen atoms in total. The second-order valence-electron chi connectivity index (χ2n) is 11.4. The van der Waals surface area contributed by atoms with Gasteiger partial charge in [0, 0.05) is 37.2 Å². The fourth-order valence-electron chi connectivity index (χ4n) is 6.77. The molecule has 9 rings (SSSR count). The van der Waals surface area contributed by atoms with Gasteiger partial charge >= 0.3 is 0 Å². The van der Waals surface area contributed by atoms with Crippen LogP contribution >= 0.6 is 11.3 Å². The molecule has 9 aromatic rings. The van der Waals surface area contributed by atoms with Crippen molar-refractivity contribution in [1.29, 1.82) is 0 Å². The van der Waals surface area contributed by atoms with Crippen LogP contribution in [0, 0.1) is 0 Å². The number of hydrogen-bond acceptors (Lipinski definition) is 2. The Balaban J connectivity index is 1.28. The molecule has 8 aromatic carbocycles. The Morgan fingerprint density at radius 1 is 0.295 bits per heavy atom. The highest BCUT2D eigenvalue weighted by molar-refractivity contribution is 7.25. The van der Waals surface area contributed by atoms with Crippen LogP contribution in [0.5, 0.6) is 0 Å². The fraction of sp³-hybridized carbons (Fsp3) is 0. The zero-order valence-electron chi connectivity index (χ0n) is 23.9. The van der Waals surface area contributed by atoms with Crippen molar-refractivity contribution in [2.45, 2.75) is 0 Å². The van der Waals surface area contributed by atoms with E-state index in [0.717, 1.165) is 17.1 Å². The monoisotopic (exact) mass is 577 g/mol. The molecular formula is C42H27NS. The fourth-order valence-corrected chi connectivity index (χ4v) is 7.84. The van der Waals surface area contributed by atoms with Crippen LogP contribution in [0.2, 0.25) is 0 Å². The summed E-state index contributed by atoms with van der Waals surface area (Å²) in [4.78, 5) is 2.40. The molecule has 0 unspecified atom stereocenters. The third-order valence-electron chi connectivity index (χ3n) is 8.82. The molecule has 0 aliphatic carbocycles. The second kappa shape index (κ2) is 10.1. The highest BCUT2D eigenvalue weighted by atomic mass is 32.1. The zero-order chi connectivity index (χ0) is 29.0. The van der Waals surface area contributed by atoms with Gasteiger partial charge < -0.3 is 4.90 Å². The number of rotatable bonds is 4. The Hall–Kier alpha value is -5.44. The Morgan fingerprint density at radius 3 is 1.43 bits per heavy atom. The Kier molecular flexibility index (Phi) is 5.75. The third-order valence-corrected chi connectivity index (χ3v) is 9.97. The summed E-state index contributed by atoms with van der Waals surface area (Å²) in [5, 5.41) is 10.3. The average Bonchev–Trinajstić information content (AvgIpc) is 3.47. The van der Waals surface area contributed by atoms with Gasteiger partial charge in [0.1, 0.15) is 0 Å². The molecule has 0 saturated carbocycles. The molecule has 44 heavy (non-hydrogen) atoms. The summed E-state index contributed by atoms with van der Waals surface area (Å²) in [5.41, 5.74) is 5.93. The molecule has 0 radical (unpaired) electrons. The molecule has 0 bridgehead atoms. The van der Waals surface area contributed by atoms with Crippen molar-refractivity contribution >= 4 is 80.9 Å². The van der Waals surface area contributed by atoms with Crippen LogP contribution < -0.4 is 4.90 Å². The van der Waals surface area contributed by atoms with E-state index in [-0.39, 0.29) is 0 Å². The van der Waals surface area contributed by atoms with Crippen molar-refractivity contribution in [2.24, 2.45) is 0 Å². The van der Waals surface area contributed by atoms with E-state index in [1.807, 2.05) is 11.3 Å². The van der Waals surface area contributed by atoms with Crippen LogP contribution in [0.4, 0.5) is 17.1 Å². The van der Waals surface area contributed by atoms with E-state index in [1.165, 1.54) is 63.6 Å². The van der Waals surface area contributed by atoms with Crippen LogP contribution in [0.25, 0.3) is 63.6 Å². The number of thiophene rings is 1. The quantitative estimate of drug-likeness (QED) is 0.188. The lowest BCUT2D eigenvalue weighted by Crippen LogP contribution is -2.09. The molecule has 1 heterocycles. The molecule has 0 saturated heterocycles. The van der Waals surface area contributed by atoms with Crippen LogP contribution in [-0.2, 0) is 0 Å². The first kappa shape index (κ1) is 25.1. The number of hydrogen-bond donors (Lipinski definition) is 0. The van der Waals surface area contributed by atoms with Gasteiger partial charge in [-0.25, -0.2) is 0 Å². The predicted octanol–water partition coefficient (Wildman–Crippen LogP) is 12.7. The van der Waals surface area contributed by atoms with Gasteiger partial charge in [-0.15, -0.1) is 11.3 Å². The van der Waals surface area contributed by atoms with E-state index >= 15 is 0 Å². The zero-order valence-corrected chi connectivity index (χ0v) is 24.8. The van der Waals surface area contributed by atoms with Crippen molar-refractivity contribution in [1.82, 2.24) is 0 Å². The van der Waals surface area contributed by atoms with Gasteiger partial charge in [0.05, 0.1) is 0 Å². The first-order valence-electron chi connectivity index (χ1n) is 15.0. The third kappa shape index (κ3) is 4.00. The van der Waals surface area contributed by atoms with E-state index in [0.29, 0.717) is 0 Å². The van der Waals surface area contributed by atoms with Gasteiger partial charge in [-0.3, -0.25) is 0 Å². The number of fused-ring (bicyclic) bond motifs is 9. The maximum Gasteiger partial charge on any atom is 0.0468 e. The van der Waals surface area contributed by atoms with Crippen molar-refractivity contribution in [3.8, 4) is 11.1 Å². The maximum absolute atomic E-state index is 2.40. The summed E-state index contributed by atoms with van der Waals surface area (Å²) in [6, 6.07) is 59.7. The van der Waals surface area contributed by atoms with Gasteiger partial charge in [-0.05, 0) is 98.0 Å². The van der Waals surface area contributed by atoms with E-state index in [9.17, 15) is 0 Å². The maximum atomic E-state index is 2.40. The predicted molar refractivity (Wildman–Crippen MR) is 192 cm³/mol. The minimum Gasteiger partial charge on any atom is -0.310 e. The normalized spacial score (nSPS) is 11.6. The van der Waals surface area contributed by atoms with Crippen LogP contribution in [0.3, 0.4) is 0 Å². The first-order valence-corrected chi connectivity index (χ1v) is 15.8. The van der Waals surface area contributed by atoms with Crippen LogP contribution in [0.15, 0.2) is 164 Å². The molecule has 0 aliphatic rings. The summed E-state index contributed by atoms with van der Waals surface area (Å²) < 4.78 is 2.62. The lowest BCUT2D eigenvalue weighted by Gasteiger charge is -2.26. The summed E-state index contributed by atoms with van der Waals surface area (Å²) in [7, 11) is 0. The van der Waals surface area contributed by atoms with E-state index in [4.69, 9.17) is 0 Å². The minimum atomic E-state index is 1.14. The molecule has 0 N–H and O–H groups in total. The van der Waals surface area contributed by atoms with E-state index < -0.39 is 0 Å². The summed E-state index contributed by atoms with van der Waals surface area (Å²) in [6.45, 7) is 0. The SMILES string of the molecule is c1ccc(-c2ccc3sc4ccc(N(c5ccccc5)c5ccc6c7ccccc7c7ccccc7c6c5)cc4c3c2)cc1. The second-order valence-corrected chi connectivity index (χ2v) is 12.4. The molecule has 2 heteroatoms. The van der Waals surface area contributed by atoms with E-state index in [1.54, 1.807) is 0 Å². The summed E-state index contributed by atoms with van der Waals surface area (Å²) in [6.07, 6.45) is 0. The lowest BCUT2D eigenvalue weighted by molar-refractivity contribution is 1.30. The van der Waals surface area contributed by atoms with Crippen molar-refractivity contribution < 1.29 is 0 Å². The van der Waals surface area contributed by atoms with Crippen molar-refractivity contribution in [2.75, 3.05) is 4.90 Å². The minimum absolute atomic E-state index is 1.14. The largest absolute Gasteiger partial charge is 0.310 e. The highest BCUT2D eigenvalue weighted by Gasteiger charge is 2.17. The topological polar surface area (TPSA) is 3.24 Å². The molecule has 0 aliphatic heterocycles. The first-order chi connectivity index (χ1) is 21.8. The number of benzene rings is 8. The van der Waals surface area contributed by atoms with Gasteiger partial charge in [-0.1, -0.05) is 109 Å².